The number of rotatable bonds is 6. The van der Waals surface area contributed by atoms with Crippen LogP contribution in [0.4, 0.5) is 5.69 Å². The van der Waals surface area contributed by atoms with Gasteiger partial charge >= 0.3 is 0 Å². The van der Waals surface area contributed by atoms with Crippen LogP contribution in [0.2, 0.25) is 0 Å². The van der Waals surface area contributed by atoms with E-state index in [1.807, 2.05) is 47.4 Å². The minimum atomic E-state index is 0.0300. The number of fused-ring (bicyclic) bond motifs is 2. The standard InChI is InChI=1S/C31H29N3O2/c1-21-14-15-22(2)28(18-21)34-20-24(19-30(34)35)31-32-26-11-5-6-12-27(26)33(31)16-17-36-29-13-7-9-23-8-3-4-10-25(23)29/h3-15,18,24H,16-17,19-20H2,1-2H3. The molecule has 6 rings (SSSR count). The lowest BCUT2D eigenvalue weighted by Gasteiger charge is -2.20. The smallest absolute Gasteiger partial charge is 0.227 e. The van der Waals surface area contributed by atoms with Gasteiger partial charge in [0.2, 0.25) is 5.91 Å². The van der Waals surface area contributed by atoms with Gasteiger partial charge < -0.3 is 14.2 Å². The molecule has 1 saturated heterocycles. The topological polar surface area (TPSA) is 47.4 Å². The normalized spacial score (nSPS) is 15.8. The number of anilines is 1. The lowest BCUT2D eigenvalue weighted by Crippen LogP contribution is -2.25. The molecule has 5 nitrogen and oxygen atoms in total. The number of imidazole rings is 1. The molecule has 5 heteroatoms. The van der Waals surface area contributed by atoms with Crippen LogP contribution in [0.5, 0.6) is 5.75 Å². The van der Waals surface area contributed by atoms with Crippen molar-refractivity contribution in [3.8, 4) is 5.75 Å². The third-order valence-electron chi connectivity index (χ3n) is 7.15. The molecule has 0 saturated carbocycles. The summed E-state index contributed by atoms with van der Waals surface area (Å²) in [5.41, 5.74) is 5.31. The average Bonchev–Trinajstić information content (AvgIpc) is 3.46. The first-order valence-corrected chi connectivity index (χ1v) is 12.5. The largest absolute Gasteiger partial charge is 0.491 e. The second kappa shape index (κ2) is 9.15. The number of benzene rings is 4. The number of carbonyl (C=O) groups excluding carboxylic acids is 1. The second-order valence-electron chi connectivity index (χ2n) is 9.63. The minimum absolute atomic E-state index is 0.0300. The van der Waals surface area contributed by atoms with Crippen LogP contribution in [0.1, 0.15) is 29.3 Å². The molecule has 1 unspecified atom stereocenters. The van der Waals surface area contributed by atoms with Crippen molar-refractivity contribution in [3.05, 3.63) is 102 Å². The maximum atomic E-state index is 13.1. The molecule has 1 amide bonds. The van der Waals surface area contributed by atoms with E-state index in [1.54, 1.807) is 0 Å². The molecule has 1 aliphatic rings. The molecule has 5 aromatic rings. The zero-order chi connectivity index (χ0) is 24.6. The summed E-state index contributed by atoms with van der Waals surface area (Å²) in [6.07, 6.45) is 0.459. The molecule has 4 aromatic carbocycles. The van der Waals surface area contributed by atoms with Gasteiger partial charge in [0.1, 0.15) is 18.2 Å². The molecule has 1 atom stereocenters. The van der Waals surface area contributed by atoms with E-state index < -0.39 is 0 Å². The molecule has 1 aliphatic heterocycles. The third kappa shape index (κ3) is 4.01. The van der Waals surface area contributed by atoms with Gasteiger partial charge in [0, 0.05) is 30.0 Å². The van der Waals surface area contributed by atoms with Crippen LogP contribution < -0.4 is 9.64 Å². The monoisotopic (exact) mass is 475 g/mol. The van der Waals surface area contributed by atoms with Gasteiger partial charge in [0.25, 0.3) is 0 Å². The third-order valence-corrected chi connectivity index (χ3v) is 7.15. The van der Waals surface area contributed by atoms with E-state index in [2.05, 4.69) is 60.9 Å². The Balaban J connectivity index is 1.28. The van der Waals surface area contributed by atoms with Gasteiger partial charge in [-0.2, -0.15) is 0 Å². The Hall–Kier alpha value is -4.12. The Morgan fingerprint density at radius 1 is 0.944 bits per heavy atom. The van der Waals surface area contributed by atoms with Crippen molar-refractivity contribution >= 4 is 33.4 Å². The summed E-state index contributed by atoms with van der Waals surface area (Å²) in [7, 11) is 0. The Morgan fingerprint density at radius 3 is 2.67 bits per heavy atom. The number of carbonyl (C=O) groups is 1. The number of aromatic nitrogens is 2. The summed E-state index contributed by atoms with van der Waals surface area (Å²) in [6, 6.07) is 28.9. The fourth-order valence-electron chi connectivity index (χ4n) is 5.33. The molecule has 1 fully saturated rings. The first-order valence-electron chi connectivity index (χ1n) is 12.5. The first kappa shape index (κ1) is 22.4. The summed E-state index contributed by atoms with van der Waals surface area (Å²) in [6.45, 7) is 5.94. The SMILES string of the molecule is Cc1ccc(C)c(N2CC(c3nc4ccccc4n3CCOc3cccc4ccccc34)CC2=O)c1. The highest BCUT2D eigenvalue weighted by Crippen LogP contribution is 2.35. The second-order valence-corrected chi connectivity index (χ2v) is 9.63. The summed E-state index contributed by atoms with van der Waals surface area (Å²) < 4.78 is 8.51. The van der Waals surface area contributed by atoms with Crippen LogP contribution in [-0.2, 0) is 11.3 Å². The fourth-order valence-corrected chi connectivity index (χ4v) is 5.33. The predicted octanol–water partition coefficient (Wildman–Crippen LogP) is 6.41. The highest BCUT2D eigenvalue weighted by molar-refractivity contribution is 5.97. The Morgan fingerprint density at radius 2 is 1.75 bits per heavy atom. The highest BCUT2D eigenvalue weighted by Gasteiger charge is 2.35. The zero-order valence-corrected chi connectivity index (χ0v) is 20.6. The van der Waals surface area contributed by atoms with E-state index in [9.17, 15) is 4.79 Å². The highest BCUT2D eigenvalue weighted by atomic mass is 16.5. The molecule has 0 spiro atoms. The van der Waals surface area contributed by atoms with E-state index in [-0.39, 0.29) is 11.8 Å². The van der Waals surface area contributed by atoms with E-state index in [0.29, 0.717) is 26.1 Å². The number of ether oxygens (including phenoxy) is 1. The maximum Gasteiger partial charge on any atom is 0.227 e. The number of amides is 1. The van der Waals surface area contributed by atoms with Crippen molar-refractivity contribution < 1.29 is 9.53 Å². The molecule has 0 radical (unpaired) electrons. The molecule has 1 aromatic heterocycles. The average molecular weight is 476 g/mol. The number of hydrogen-bond donors (Lipinski definition) is 0. The zero-order valence-electron chi connectivity index (χ0n) is 20.6. The van der Waals surface area contributed by atoms with Crippen LogP contribution in [0.15, 0.2) is 84.9 Å². The van der Waals surface area contributed by atoms with Crippen molar-refractivity contribution in [2.75, 3.05) is 18.1 Å². The van der Waals surface area contributed by atoms with E-state index >= 15 is 0 Å². The lowest BCUT2D eigenvalue weighted by molar-refractivity contribution is -0.117. The van der Waals surface area contributed by atoms with Gasteiger partial charge in [-0.1, -0.05) is 60.7 Å². The van der Waals surface area contributed by atoms with Gasteiger partial charge in [-0.25, -0.2) is 4.98 Å². The van der Waals surface area contributed by atoms with Crippen LogP contribution >= 0.6 is 0 Å². The number of nitrogens with zero attached hydrogens (tertiary/aromatic N) is 3. The maximum absolute atomic E-state index is 13.1. The van der Waals surface area contributed by atoms with Crippen LogP contribution in [0, 0.1) is 13.8 Å². The number of hydrogen-bond acceptors (Lipinski definition) is 3. The molecular formula is C31H29N3O2. The molecule has 2 heterocycles. The molecule has 0 aliphatic carbocycles. The fraction of sp³-hybridized carbons (Fsp3) is 0.226. The molecular weight excluding hydrogens is 446 g/mol. The van der Waals surface area contributed by atoms with Crippen molar-refractivity contribution in [2.24, 2.45) is 0 Å². The lowest BCUT2D eigenvalue weighted by atomic mass is 10.1. The Kier molecular flexibility index (Phi) is 5.68. The molecule has 0 N–H and O–H groups in total. The van der Waals surface area contributed by atoms with Crippen LogP contribution in [0.3, 0.4) is 0 Å². The van der Waals surface area contributed by atoms with Crippen LogP contribution in [-0.4, -0.2) is 28.6 Å². The molecule has 0 bridgehead atoms. The van der Waals surface area contributed by atoms with Crippen LogP contribution in [0.25, 0.3) is 21.8 Å². The van der Waals surface area contributed by atoms with Gasteiger partial charge in [-0.05, 0) is 54.6 Å². The van der Waals surface area contributed by atoms with Gasteiger partial charge in [0.05, 0.1) is 17.6 Å². The van der Waals surface area contributed by atoms with Crippen molar-refractivity contribution in [2.45, 2.75) is 32.7 Å². The van der Waals surface area contributed by atoms with E-state index in [1.165, 1.54) is 5.39 Å². The van der Waals surface area contributed by atoms with E-state index in [0.717, 1.165) is 44.8 Å². The summed E-state index contributed by atoms with van der Waals surface area (Å²) in [5.74, 6) is 2.02. The van der Waals surface area contributed by atoms with Gasteiger partial charge in [0.15, 0.2) is 0 Å². The molecule has 180 valence electrons. The Labute approximate surface area is 210 Å². The van der Waals surface area contributed by atoms with Crippen molar-refractivity contribution in [3.63, 3.8) is 0 Å². The van der Waals surface area contributed by atoms with Crippen molar-refractivity contribution in [1.82, 2.24) is 9.55 Å². The molecule has 36 heavy (non-hydrogen) atoms. The minimum Gasteiger partial charge on any atom is -0.491 e. The van der Waals surface area contributed by atoms with Crippen molar-refractivity contribution in [1.29, 1.82) is 0 Å². The summed E-state index contributed by atoms with van der Waals surface area (Å²) >= 11 is 0. The first-order chi connectivity index (χ1) is 17.6. The van der Waals surface area contributed by atoms with E-state index in [4.69, 9.17) is 9.72 Å². The van der Waals surface area contributed by atoms with Gasteiger partial charge in [-0.3, -0.25) is 4.79 Å². The Bertz CT molecular complexity index is 1580. The van der Waals surface area contributed by atoms with Gasteiger partial charge in [-0.15, -0.1) is 0 Å². The predicted molar refractivity (Wildman–Crippen MR) is 145 cm³/mol. The summed E-state index contributed by atoms with van der Waals surface area (Å²) in [4.78, 5) is 20.1. The number of para-hydroxylation sites is 2. The number of aryl methyl sites for hydroxylation is 2. The summed E-state index contributed by atoms with van der Waals surface area (Å²) in [5, 5.41) is 2.28. The quantitative estimate of drug-likeness (QED) is 0.285.